The number of nitro groups is 1. The minimum atomic E-state index is -0.589. The number of hydrogen-bond acceptors (Lipinski definition) is 5. The number of carbonyl (C=O) groups excluding carboxylic acids is 1. The number of halogens is 1. The molecule has 1 amide bonds. The average Bonchev–Trinajstić information content (AvgIpc) is 2.97. The minimum Gasteiger partial charge on any atom is -0.343 e. The van der Waals surface area contributed by atoms with Crippen molar-refractivity contribution < 1.29 is 9.72 Å². The molecule has 1 unspecified atom stereocenters. The van der Waals surface area contributed by atoms with Gasteiger partial charge in [0, 0.05) is 23.2 Å². The topological polar surface area (TPSA) is 85.1 Å². The standard InChI is InChI=1S/C13H12ClN3O3S/c1-2-10(13-15-5-6-21-13)16-12(18)8-3-4-11(17(19)20)9(14)7-8/h3-7,10H,2H2,1H3,(H,16,18). The number of thiazole rings is 1. The third kappa shape index (κ3) is 3.56. The van der Waals surface area contributed by atoms with Crippen molar-refractivity contribution in [3.63, 3.8) is 0 Å². The molecule has 1 heterocycles. The van der Waals surface area contributed by atoms with Gasteiger partial charge in [-0.1, -0.05) is 18.5 Å². The second-order valence-electron chi connectivity index (χ2n) is 4.23. The van der Waals surface area contributed by atoms with Gasteiger partial charge in [0.05, 0.1) is 11.0 Å². The van der Waals surface area contributed by atoms with Crippen molar-refractivity contribution in [3.8, 4) is 0 Å². The third-order valence-corrected chi connectivity index (χ3v) is 4.06. The van der Waals surface area contributed by atoms with Crippen molar-refractivity contribution in [1.29, 1.82) is 0 Å². The van der Waals surface area contributed by atoms with Gasteiger partial charge in [0.15, 0.2) is 0 Å². The Kier molecular flexibility index (Phi) is 4.87. The maximum absolute atomic E-state index is 12.2. The summed E-state index contributed by atoms with van der Waals surface area (Å²) in [5.74, 6) is -0.339. The first-order valence-corrected chi connectivity index (χ1v) is 7.43. The predicted octanol–water partition coefficient (Wildman–Crippen LogP) is 3.59. The van der Waals surface area contributed by atoms with Crippen LogP contribution in [0.25, 0.3) is 0 Å². The first kappa shape index (κ1) is 15.4. The zero-order chi connectivity index (χ0) is 15.4. The highest BCUT2D eigenvalue weighted by molar-refractivity contribution is 7.09. The van der Waals surface area contributed by atoms with Crippen LogP contribution in [0.15, 0.2) is 29.8 Å². The molecule has 1 atom stereocenters. The van der Waals surface area contributed by atoms with Crippen LogP contribution in [0, 0.1) is 10.1 Å². The number of benzene rings is 1. The second-order valence-corrected chi connectivity index (χ2v) is 5.56. The van der Waals surface area contributed by atoms with Gasteiger partial charge >= 0.3 is 0 Å². The van der Waals surface area contributed by atoms with Gasteiger partial charge in [-0.3, -0.25) is 14.9 Å². The van der Waals surface area contributed by atoms with Crippen molar-refractivity contribution in [1.82, 2.24) is 10.3 Å². The van der Waals surface area contributed by atoms with Crippen LogP contribution in [-0.4, -0.2) is 15.8 Å². The number of amides is 1. The molecule has 21 heavy (non-hydrogen) atoms. The lowest BCUT2D eigenvalue weighted by Gasteiger charge is -2.14. The van der Waals surface area contributed by atoms with E-state index in [0.29, 0.717) is 6.42 Å². The van der Waals surface area contributed by atoms with E-state index in [9.17, 15) is 14.9 Å². The molecule has 8 heteroatoms. The fraction of sp³-hybridized carbons (Fsp3) is 0.231. The zero-order valence-electron chi connectivity index (χ0n) is 11.1. The van der Waals surface area contributed by atoms with Gasteiger partial charge in [0.25, 0.3) is 11.6 Å². The molecular weight excluding hydrogens is 314 g/mol. The highest BCUT2D eigenvalue weighted by atomic mass is 35.5. The van der Waals surface area contributed by atoms with Crippen LogP contribution < -0.4 is 5.32 Å². The fourth-order valence-corrected chi connectivity index (χ4v) is 2.81. The molecule has 1 aromatic heterocycles. The fourth-order valence-electron chi connectivity index (χ4n) is 1.78. The summed E-state index contributed by atoms with van der Waals surface area (Å²) in [6.07, 6.45) is 2.37. The molecule has 0 saturated heterocycles. The van der Waals surface area contributed by atoms with Gasteiger partial charge in [-0.05, 0) is 18.6 Å². The first-order valence-electron chi connectivity index (χ1n) is 6.17. The van der Waals surface area contributed by atoms with Crippen molar-refractivity contribution in [2.75, 3.05) is 0 Å². The molecule has 1 aromatic carbocycles. The van der Waals surface area contributed by atoms with E-state index in [1.54, 1.807) is 6.20 Å². The number of rotatable bonds is 5. The first-order chi connectivity index (χ1) is 10.0. The summed E-state index contributed by atoms with van der Waals surface area (Å²) < 4.78 is 0. The summed E-state index contributed by atoms with van der Waals surface area (Å²) in [6.45, 7) is 1.94. The van der Waals surface area contributed by atoms with E-state index in [4.69, 9.17) is 11.6 Å². The summed E-state index contributed by atoms with van der Waals surface area (Å²) in [5, 5.41) is 16.1. The summed E-state index contributed by atoms with van der Waals surface area (Å²) in [5.41, 5.74) is 0.0563. The van der Waals surface area contributed by atoms with Gasteiger partial charge < -0.3 is 5.32 Å². The third-order valence-electron chi connectivity index (χ3n) is 2.87. The van der Waals surface area contributed by atoms with Crippen LogP contribution in [0.3, 0.4) is 0 Å². The molecule has 0 radical (unpaired) electrons. The van der Waals surface area contributed by atoms with E-state index >= 15 is 0 Å². The molecule has 110 valence electrons. The van der Waals surface area contributed by atoms with Crippen molar-refractivity contribution in [2.45, 2.75) is 19.4 Å². The Morgan fingerprint density at radius 2 is 2.33 bits per heavy atom. The Hall–Kier alpha value is -1.99. The smallest absolute Gasteiger partial charge is 0.287 e. The van der Waals surface area contributed by atoms with Crippen LogP contribution >= 0.6 is 22.9 Å². The van der Waals surface area contributed by atoms with Gasteiger partial charge in [0.1, 0.15) is 10.0 Å². The lowest BCUT2D eigenvalue weighted by atomic mass is 10.1. The Morgan fingerprint density at radius 1 is 1.57 bits per heavy atom. The molecule has 2 aromatic rings. The van der Waals surface area contributed by atoms with E-state index < -0.39 is 4.92 Å². The van der Waals surface area contributed by atoms with Crippen LogP contribution in [0.1, 0.15) is 34.8 Å². The van der Waals surface area contributed by atoms with Crippen LogP contribution in [0.4, 0.5) is 5.69 Å². The van der Waals surface area contributed by atoms with E-state index in [2.05, 4.69) is 10.3 Å². The zero-order valence-corrected chi connectivity index (χ0v) is 12.6. The van der Waals surface area contributed by atoms with E-state index in [0.717, 1.165) is 5.01 Å². The van der Waals surface area contributed by atoms with Crippen LogP contribution in [0.5, 0.6) is 0 Å². The number of nitrogens with one attached hydrogen (secondary N) is 1. The molecule has 0 fully saturated rings. The van der Waals surface area contributed by atoms with E-state index in [1.165, 1.54) is 29.5 Å². The van der Waals surface area contributed by atoms with Crippen molar-refractivity contribution >= 4 is 34.5 Å². The van der Waals surface area contributed by atoms with Gasteiger partial charge in [-0.2, -0.15) is 0 Å². The molecule has 1 N–H and O–H groups in total. The number of aromatic nitrogens is 1. The normalized spacial score (nSPS) is 11.9. The number of carbonyl (C=O) groups is 1. The molecule has 0 aliphatic carbocycles. The van der Waals surface area contributed by atoms with Crippen LogP contribution in [-0.2, 0) is 0 Å². The summed E-state index contributed by atoms with van der Waals surface area (Å²) in [6, 6.07) is 3.71. The SMILES string of the molecule is CCC(NC(=O)c1ccc([N+](=O)[O-])c(Cl)c1)c1nccs1. The Labute approximate surface area is 129 Å². The molecule has 2 rings (SSSR count). The quantitative estimate of drug-likeness (QED) is 0.672. The number of nitro benzene ring substituents is 1. The monoisotopic (exact) mass is 325 g/mol. The molecular formula is C13H12ClN3O3S. The molecule has 0 aliphatic rings. The Morgan fingerprint density at radius 3 is 2.86 bits per heavy atom. The highest BCUT2D eigenvalue weighted by Crippen LogP contribution is 2.25. The van der Waals surface area contributed by atoms with E-state index in [-0.39, 0.29) is 28.2 Å². The minimum absolute atomic E-state index is 0.0602. The van der Waals surface area contributed by atoms with Crippen LogP contribution in [0.2, 0.25) is 5.02 Å². The van der Waals surface area contributed by atoms with Gasteiger partial charge in [-0.25, -0.2) is 4.98 Å². The lowest BCUT2D eigenvalue weighted by Crippen LogP contribution is -2.28. The summed E-state index contributed by atoms with van der Waals surface area (Å²) in [4.78, 5) is 26.5. The largest absolute Gasteiger partial charge is 0.343 e. The number of nitrogens with zero attached hydrogens (tertiary/aromatic N) is 2. The molecule has 0 bridgehead atoms. The van der Waals surface area contributed by atoms with Crippen molar-refractivity contribution in [2.24, 2.45) is 0 Å². The second kappa shape index (κ2) is 6.64. The van der Waals surface area contributed by atoms with Crippen molar-refractivity contribution in [3.05, 3.63) is 55.5 Å². The molecule has 0 spiro atoms. The summed E-state index contributed by atoms with van der Waals surface area (Å²) >= 11 is 7.27. The lowest BCUT2D eigenvalue weighted by molar-refractivity contribution is -0.384. The average molecular weight is 326 g/mol. The predicted molar refractivity (Wildman–Crippen MR) is 80.7 cm³/mol. The Balaban J connectivity index is 2.16. The van der Waals surface area contributed by atoms with Gasteiger partial charge in [-0.15, -0.1) is 11.3 Å². The molecule has 6 nitrogen and oxygen atoms in total. The Bertz CT molecular complexity index is 661. The maximum atomic E-state index is 12.2. The molecule has 0 aliphatic heterocycles. The highest BCUT2D eigenvalue weighted by Gasteiger charge is 2.19. The van der Waals surface area contributed by atoms with Gasteiger partial charge in [0.2, 0.25) is 0 Å². The number of hydrogen-bond donors (Lipinski definition) is 1. The van der Waals surface area contributed by atoms with E-state index in [1.807, 2.05) is 12.3 Å². The summed E-state index contributed by atoms with van der Waals surface area (Å²) in [7, 11) is 0. The molecule has 0 saturated carbocycles. The maximum Gasteiger partial charge on any atom is 0.287 e.